The predicted octanol–water partition coefficient (Wildman–Crippen LogP) is 3.53. The number of imidazole rings is 1. The number of amides is 1. The van der Waals surface area contributed by atoms with Crippen molar-refractivity contribution in [2.75, 3.05) is 13.7 Å². The molecule has 2 N–H and O–H groups in total. The first-order chi connectivity index (χ1) is 19.0. The van der Waals surface area contributed by atoms with Crippen LogP contribution in [0.15, 0.2) is 48.8 Å². The normalized spacial score (nSPS) is 18.0. The number of aliphatic hydroxyl groups is 1. The number of tetrazole rings is 1. The molecule has 1 amide bonds. The van der Waals surface area contributed by atoms with Crippen LogP contribution in [0.2, 0.25) is 0 Å². The smallest absolute Gasteiger partial charge is 0.328 e. The number of rotatable bonds is 10. The minimum atomic E-state index is -0.793. The summed E-state index contributed by atoms with van der Waals surface area (Å²) in [4.78, 5) is 32.5. The van der Waals surface area contributed by atoms with Gasteiger partial charge in [-0.1, -0.05) is 62.9 Å². The summed E-state index contributed by atoms with van der Waals surface area (Å²) in [5.41, 5.74) is 4.28. The molecule has 4 aromatic rings. The zero-order valence-electron chi connectivity index (χ0n) is 22.2. The Morgan fingerprint density at radius 3 is 2.72 bits per heavy atom. The maximum atomic E-state index is 13.9. The van der Waals surface area contributed by atoms with Crippen LogP contribution in [0.25, 0.3) is 33.5 Å². The largest absolute Gasteiger partial charge is 0.467 e. The number of hydrogen-bond acceptors (Lipinski definition) is 8. The second-order valence-corrected chi connectivity index (χ2v) is 9.92. The predicted molar refractivity (Wildman–Crippen MR) is 144 cm³/mol. The van der Waals surface area contributed by atoms with Gasteiger partial charge in [-0.2, -0.15) is 5.21 Å². The summed E-state index contributed by atoms with van der Waals surface area (Å²) in [6.45, 7) is 2.25. The lowest BCUT2D eigenvalue weighted by Crippen LogP contribution is -2.44. The monoisotopic (exact) mass is 531 g/mol. The highest BCUT2D eigenvalue weighted by Gasteiger charge is 2.42. The van der Waals surface area contributed by atoms with E-state index in [0.29, 0.717) is 12.2 Å². The van der Waals surface area contributed by atoms with Crippen molar-refractivity contribution in [1.29, 1.82) is 0 Å². The number of H-pyrrole nitrogens is 1. The number of benzene rings is 2. The molecule has 204 valence electrons. The van der Waals surface area contributed by atoms with E-state index in [2.05, 4.69) is 32.5 Å². The van der Waals surface area contributed by atoms with E-state index in [9.17, 15) is 14.7 Å². The molecular weight excluding hydrogens is 498 g/mol. The van der Waals surface area contributed by atoms with Crippen LogP contribution in [0, 0.1) is 0 Å². The lowest BCUT2D eigenvalue weighted by Gasteiger charge is -2.28. The van der Waals surface area contributed by atoms with Crippen LogP contribution >= 0.6 is 0 Å². The molecule has 5 rings (SSSR count). The summed E-state index contributed by atoms with van der Waals surface area (Å²) in [5.74, 6) is -0.212. The van der Waals surface area contributed by atoms with Crippen molar-refractivity contribution < 1.29 is 19.4 Å². The van der Waals surface area contributed by atoms with E-state index in [-0.39, 0.29) is 18.9 Å². The fourth-order valence-electron chi connectivity index (χ4n) is 5.41. The molecule has 3 atom stereocenters. The Morgan fingerprint density at radius 2 is 1.97 bits per heavy atom. The summed E-state index contributed by atoms with van der Waals surface area (Å²) in [6, 6.07) is 12.4. The summed E-state index contributed by atoms with van der Waals surface area (Å²) < 4.78 is 6.83. The number of nitrogens with zero attached hydrogens (tertiary/aromatic N) is 6. The second kappa shape index (κ2) is 11.7. The highest BCUT2D eigenvalue weighted by molar-refractivity contribution is 5.91. The zero-order valence-corrected chi connectivity index (χ0v) is 22.2. The lowest BCUT2D eigenvalue weighted by molar-refractivity contribution is -0.152. The summed E-state index contributed by atoms with van der Waals surface area (Å²) in [5, 5.41) is 24.7. The number of aromatic amines is 1. The molecule has 3 heterocycles. The van der Waals surface area contributed by atoms with Crippen molar-refractivity contribution in [1.82, 2.24) is 35.1 Å². The summed E-state index contributed by atoms with van der Waals surface area (Å²) in [7, 11) is 1.30. The summed E-state index contributed by atoms with van der Waals surface area (Å²) in [6.07, 6.45) is 5.75. The van der Waals surface area contributed by atoms with Gasteiger partial charge in [0.25, 0.3) is 0 Å². The number of fused-ring (bicyclic) bond motifs is 1. The molecule has 0 bridgehead atoms. The Balaban J connectivity index is 1.49. The van der Waals surface area contributed by atoms with Gasteiger partial charge in [-0.05, 0) is 34.9 Å². The minimum absolute atomic E-state index is 0.105. The van der Waals surface area contributed by atoms with Crippen molar-refractivity contribution in [3.05, 3.63) is 48.8 Å². The van der Waals surface area contributed by atoms with Crippen LogP contribution in [-0.4, -0.2) is 77.9 Å². The molecule has 11 nitrogen and oxygen atoms in total. The Labute approximate surface area is 226 Å². The third kappa shape index (κ3) is 5.40. The molecule has 1 saturated heterocycles. The molecule has 11 heteroatoms. The average Bonchev–Trinajstić information content (AvgIpc) is 3.72. The average molecular weight is 532 g/mol. The highest BCUT2D eigenvalue weighted by atomic mass is 16.5. The molecule has 0 spiro atoms. The third-order valence-electron chi connectivity index (χ3n) is 7.39. The van der Waals surface area contributed by atoms with Crippen LogP contribution in [0.4, 0.5) is 0 Å². The first-order valence-electron chi connectivity index (χ1n) is 13.4. The van der Waals surface area contributed by atoms with E-state index in [1.165, 1.54) is 12.0 Å². The standard InChI is InChI=1S/C28H33N7O4/c1-3-4-5-6-11-24(27(37)34-16-19(36)15-25(34)28(38)39-2)35-17-29-22-14-18(12-13-23(22)35)20-9-7-8-10-21(20)26-30-32-33-31-26/h7-10,12-14,17,19,24-25,36H,3-6,11,15-16H2,1-2H3,(H,30,31,32,33)/t19-,24?,25+/m1/s1. The Bertz CT molecular complexity index is 1430. The van der Waals surface area contributed by atoms with Crippen LogP contribution in [0.3, 0.4) is 0 Å². The number of methoxy groups -OCH3 is 1. The van der Waals surface area contributed by atoms with Gasteiger partial charge in [0.1, 0.15) is 12.1 Å². The van der Waals surface area contributed by atoms with E-state index < -0.39 is 24.2 Å². The van der Waals surface area contributed by atoms with Crippen LogP contribution < -0.4 is 0 Å². The topological polar surface area (TPSA) is 139 Å². The Hall–Kier alpha value is -4.12. The van der Waals surface area contributed by atoms with Crippen molar-refractivity contribution in [2.45, 2.75) is 63.6 Å². The van der Waals surface area contributed by atoms with E-state index >= 15 is 0 Å². The quantitative estimate of drug-likeness (QED) is 0.234. The third-order valence-corrected chi connectivity index (χ3v) is 7.39. The number of β-amino-alcohol motifs (C(OH)–C–C–N with tert-alkyl or cyclic N) is 1. The molecule has 0 radical (unpaired) electrons. The first-order valence-corrected chi connectivity index (χ1v) is 13.4. The van der Waals surface area contributed by atoms with Gasteiger partial charge in [-0.3, -0.25) is 4.79 Å². The van der Waals surface area contributed by atoms with E-state index in [0.717, 1.165) is 53.4 Å². The van der Waals surface area contributed by atoms with Crippen LogP contribution in [0.5, 0.6) is 0 Å². The molecule has 0 aliphatic carbocycles. The second-order valence-electron chi connectivity index (χ2n) is 9.92. The highest BCUT2D eigenvalue weighted by Crippen LogP contribution is 2.33. The van der Waals surface area contributed by atoms with Crippen molar-refractivity contribution in [3.63, 3.8) is 0 Å². The number of nitrogens with one attached hydrogen (secondary N) is 1. The maximum Gasteiger partial charge on any atom is 0.328 e. The fraction of sp³-hybridized carbons (Fsp3) is 0.429. The number of likely N-dealkylation sites (tertiary alicyclic amines) is 1. The number of aromatic nitrogens is 6. The van der Waals surface area contributed by atoms with Crippen LogP contribution in [-0.2, 0) is 14.3 Å². The molecule has 39 heavy (non-hydrogen) atoms. The molecule has 1 aliphatic rings. The molecule has 1 aliphatic heterocycles. The maximum absolute atomic E-state index is 13.9. The number of carbonyl (C=O) groups is 2. The summed E-state index contributed by atoms with van der Waals surface area (Å²) >= 11 is 0. The molecule has 1 fully saturated rings. The van der Waals surface area contributed by atoms with E-state index in [1.807, 2.05) is 47.0 Å². The van der Waals surface area contributed by atoms with Crippen LogP contribution in [0.1, 0.15) is 51.5 Å². The lowest BCUT2D eigenvalue weighted by atomic mass is 9.98. The van der Waals surface area contributed by atoms with Gasteiger partial charge in [0.2, 0.25) is 11.7 Å². The number of unbranched alkanes of at least 4 members (excludes halogenated alkanes) is 3. The van der Waals surface area contributed by atoms with Gasteiger partial charge in [0, 0.05) is 18.5 Å². The number of esters is 1. The number of ether oxygens (including phenoxy) is 1. The minimum Gasteiger partial charge on any atom is -0.467 e. The molecule has 0 saturated carbocycles. The molecule has 2 aromatic heterocycles. The number of carbonyl (C=O) groups excluding carboxylic acids is 2. The van der Waals surface area contributed by atoms with Gasteiger partial charge in [-0.15, -0.1) is 10.2 Å². The fourth-order valence-corrected chi connectivity index (χ4v) is 5.41. The van der Waals surface area contributed by atoms with Crippen molar-refractivity contribution in [2.24, 2.45) is 0 Å². The zero-order chi connectivity index (χ0) is 27.4. The first kappa shape index (κ1) is 26.5. The van der Waals surface area contributed by atoms with Gasteiger partial charge in [0.05, 0.1) is 30.6 Å². The van der Waals surface area contributed by atoms with E-state index in [4.69, 9.17) is 4.74 Å². The molecule has 2 aromatic carbocycles. The van der Waals surface area contributed by atoms with Gasteiger partial charge >= 0.3 is 5.97 Å². The van der Waals surface area contributed by atoms with E-state index in [1.54, 1.807) is 6.33 Å². The van der Waals surface area contributed by atoms with Gasteiger partial charge in [0.15, 0.2) is 0 Å². The molecular formula is C28H33N7O4. The van der Waals surface area contributed by atoms with Gasteiger partial charge in [-0.25, -0.2) is 9.78 Å². The van der Waals surface area contributed by atoms with Gasteiger partial charge < -0.3 is 19.3 Å². The SMILES string of the molecule is CCCCCCC(C(=O)N1C[C@H](O)C[C@H]1C(=O)OC)n1cnc2cc(-c3ccccc3-c3nn[nH]n3)ccc21. The molecule has 1 unspecified atom stereocenters. The Morgan fingerprint density at radius 1 is 1.15 bits per heavy atom. The van der Waals surface area contributed by atoms with Crippen molar-refractivity contribution >= 4 is 22.9 Å². The Kier molecular flexibility index (Phi) is 7.97. The number of aliphatic hydroxyl groups excluding tert-OH is 1. The van der Waals surface area contributed by atoms with Crippen molar-refractivity contribution in [3.8, 4) is 22.5 Å². The number of hydrogen-bond donors (Lipinski definition) is 2.